The molecule has 158 valence electrons. The van der Waals surface area contributed by atoms with E-state index in [4.69, 9.17) is 0 Å². The molecule has 4 heterocycles. The van der Waals surface area contributed by atoms with Gasteiger partial charge in [0.05, 0.1) is 35.7 Å². The molecule has 2 aliphatic heterocycles. The van der Waals surface area contributed by atoms with E-state index in [0.29, 0.717) is 0 Å². The van der Waals surface area contributed by atoms with Gasteiger partial charge in [-0.1, -0.05) is 18.2 Å². The van der Waals surface area contributed by atoms with Gasteiger partial charge in [-0.2, -0.15) is 10.2 Å². The van der Waals surface area contributed by atoms with E-state index in [-0.39, 0.29) is 17.7 Å². The zero-order valence-corrected chi connectivity index (χ0v) is 17.1. The van der Waals surface area contributed by atoms with Crippen molar-refractivity contribution in [2.75, 3.05) is 31.1 Å². The van der Waals surface area contributed by atoms with E-state index < -0.39 is 0 Å². The molecule has 2 aliphatic rings. The minimum Gasteiger partial charge on any atom is -0.393 e. The molecule has 30 heavy (non-hydrogen) atoms. The third-order valence-electron chi connectivity index (χ3n) is 6.42. The molecule has 3 aromatic rings. The van der Waals surface area contributed by atoms with Crippen LogP contribution >= 0.6 is 0 Å². The van der Waals surface area contributed by atoms with Gasteiger partial charge in [-0.3, -0.25) is 14.8 Å². The maximum atomic E-state index is 12.8. The first-order valence-corrected chi connectivity index (χ1v) is 10.8. The van der Waals surface area contributed by atoms with Crippen LogP contribution in [0.3, 0.4) is 0 Å². The number of aliphatic hydroxyl groups is 1. The van der Waals surface area contributed by atoms with Crippen molar-refractivity contribution in [3.8, 4) is 0 Å². The molecule has 0 bridgehead atoms. The number of nitrogens with zero attached hydrogens (tertiary/aromatic N) is 5. The van der Waals surface area contributed by atoms with Crippen molar-refractivity contribution in [3.05, 3.63) is 52.6 Å². The van der Waals surface area contributed by atoms with Gasteiger partial charge in [0.25, 0.3) is 5.56 Å². The molecule has 5 rings (SSSR count). The van der Waals surface area contributed by atoms with Crippen LogP contribution in [-0.4, -0.2) is 62.3 Å². The smallest absolute Gasteiger partial charge is 0.269 e. The van der Waals surface area contributed by atoms with Crippen molar-refractivity contribution in [2.24, 2.45) is 0 Å². The van der Waals surface area contributed by atoms with E-state index >= 15 is 0 Å². The highest BCUT2D eigenvalue weighted by molar-refractivity contribution is 5.81. The lowest BCUT2D eigenvalue weighted by atomic mass is 10.0. The van der Waals surface area contributed by atoms with Crippen LogP contribution in [0.1, 0.15) is 37.3 Å². The van der Waals surface area contributed by atoms with Crippen molar-refractivity contribution in [2.45, 2.75) is 44.4 Å². The monoisotopic (exact) mass is 408 g/mol. The highest BCUT2D eigenvalue weighted by Crippen LogP contribution is 2.24. The summed E-state index contributed by atoms with van der Waals surface area (Å²) in [5.41, 5.74) is 3.14. The molecule has 8 heteroatoms. The van der Waals surface area contributed by atoms with Crippen LogP contribution in [0.2, 0.25) is 0 Å². The lowest BCUT2D eigenvalue weighted by Crippen LogP contribution is -2.41. The molecule has 1 aromatic carbocycles. The van der Waals surface area contributed by atoms with Crippen molar-refractivity contribution in [1.29, 1.82) is 0 Å². The molecule has 2 fully saturated rings. The maximum Gasteiger partial charge on any atom is 0.269 e. The quantitative estimate of drug-likeness (QED) is 0.686. The Balaban J connectivity index is 1.30. The fourth-order valence-electron chi connectivity index (χ4n) is 4.76. The van der Waals surface area contributed by atoms with Gasteiger partial charge in [-0.05, 0) is 37.8 Å². The summed E-state index contributed by atoms with van der Waals surface area (Å²) in [4.78, 5) is 17.4. The number of anilines is 1. The number of aliphatic hydroxyl groups excluding tert-OH is 1. The fourth-order valence-corrected chi connectivity index (χ4v) is 4.76. The highest BCUT2D eigenvalue weighted by Gasteiger charge is 2.24. The van der Waals surface area contributed by atoms with Crippen molar-refractivity contribution in [3.63, 3.8) is 0 Å². The Kier molecular flexibility index (Phi) is 5.26. The number of aromatic amines is 1. The van der Waals surface area contributed by atoms with E-state index in [9.17, 15) is 9.90 Å². The molecular weight excluding hydrogens is 380 g/mol. The first-order valence-electron chi connectivity index (χ1n) is 10.8. The molecule has 1 unspecified atom stereocenters. The molecule has 8 nitrogen and oxygen atoms in total. The predicted octanol–water partition coefficient (Wildman–Crippen LogP) is 1.92. The topological polar surface area (TPSA) is 90.3 Å². The standard InChI is InChI=1S/C22H28N6O2/c29-20-6-9-27(10-7-20)19-11-21(30)28(24-13-19)18-5-2-8-26(15-18)14-17-4-1-3-16-12-23-25-22(16)17/h1,3-4,11-13,18,20,29H,2,5-10,14-15H2,(H,23,25). The predicted molar refractivity (Wildman–Crippen MR) is 116 cm³/mol. The van der Waals surface area contributed by atoms with Crippen LogP contribution in [0.25, 0.3) is 10.9 Å². The van der Waals surface area contributed by atoms with Gasteiger partial charge < -0.3 is 10.0 Å². The summed E-state index contributed by atoms with van der Waals surface area (Å²) in [6, 6.07) is 8.06. The van der Waals surface area contributed by atoms with Gasteiger partial charge in [0.1, 0.15) is 0 Å². The SMILES string of the molecule is O=c1cc(N2CCC(O)CC2)cnn1C1CCCN(Cc2cccc3cn[nH]c23)C1. The lowest BCUT2D eigenvalue weighted by Gasteiger charge is -2.34. The molecular formula is C22H28N6O2. The number of piperidine rings is 2. The first kappa shape index (κ1) is 19.3. The molecule has 0 saturated carbocycles. The van der Waals surface area contributed by atoms with Crippen LogP contribution in [0.5, 0.6) is 0 Å². The Bertz CT molecular complexity index is 1070. The van der Waals surface area contributed by atoms with Crippen molar-refractivity contribution < 1.29 is 5.11 Å². The first-order chi connectivity index (χ1) is 14.7. The van der Waals surface area contributed by atoms with E-state index in [1.165, 1.54) is 5.56 Å². The second-order valence-corrected chi connectivity index (χ2v) is 8.50. The normalized spacial score (nSPS) is 21.4. The summed E-state index contributed by atoms with van der Waals surface area (Å²) < 4.78 is 1.66. The summed E-state index contributed by atoms with van der Waals surface area (Å²) >= 11 is 0. The summed E-state index contributed by atoms with van der Waals surface area (Å²) in [5.74, 6) is 0. The number of aromatic nitrogens is 4. The summed E-state index contributed by atoms with van der Waals surface area (Å²) in [6.45, 7) is 4.20. The lowest BCUT2D eigenvalue weighted by molar-refractivity contribution is 0.145. The fraction of sp³-hybridized carbons (Fsp3) is 0.500. The van der Waals surface area contributed by atoms with Crippen LogP contribution in [-0.2, 0) is 6.54 Å². The van der Waals surface area contributed by atoms with Gasteiger partial charge in [0.15, 0.2) is 0 Å². The van der Waals surface area contributed by atoms with E-state index in [1.807, 2.05) is 12.4 Å². The molecule has 2 saturated heterocycles. The van der Waals surface area contributed by atoms with Gasteiger partial charge in [-0.15, -0.1) is 0 Å². The summed E-state index contributed by atoms with van der Waals surface area (Å²) in [6.07, 6.45) is 6.93. The molecule has 0 radical (unpaired) electrons. The Morgan fingerprint density at radius 1 is 1.13 bits per heavy atom. The molecule has 2 N–H and O–H groups in total. The number of hydrogen-bond acceptors (Lipinski definition) is 6. The zero-order valence-electron chi connectivity index (χ0n) is 17.1. The number of benzene rings is 1. The summed E-state index contributed by atoms with van der Waals surface area (Å²) in [5, 5.41) is 22.6. The number of nitrogens with one attached hydrogen (secondary N) is 1. The van der Waals surface area contributed by atoms with E-state index in [2.05, 4.69) is 43.3 Å². The summed E-state index contributed by atoms with van der Waals surface area (Å²) in [7, 11) is 0. The van der Waals surface area contributed by atoms with Crippen LogP contribution in [0.15, 0.2) is 41.5 Å². The molecule has 0 aliphatic carbocycles. The van der Waals surface area contributed by atoms with Crippen LogP contribution in [0, 0.1) is 0 Å². The average molecular weight is 409 g/mol. The number of fused-ring (bicyclic) bond motifs is 1. The Morgan fingerprint density at radius 3 is 2.83 bits per heavy atom. The van der Waals surface area contributed by atoms with Crippen LogP contribution in [0.4, 0.5) is 5.69 Å². The second kappa shape index (κ2) is 8.20. The maximum absolute atomic E-state index is 12.8. The average Bonchev–Trinajstić information content (AvgIpc) is 3.24. The van der Waals surface area contributed by atoms with Crippen molar-refractivity contribution in [1.82, 2.24) is 24.9 Å². The zero-order chi connectivity index (χ0) is 20.5. The van der Waals surface area contributed by atoms with Crippen LogP contribution < -0.4 is 10.5 Å². The minimum atomic E-state index is -0.226. The van der Waals surface area contributed by atoms with Gasteiger partial charge in [0.2, 0.25) is 0 Å². The van der Waals surface area contributed by atoms with Gasteiger partial charge in [0, 0.05) is 37.6 Å². The van der Waals surface area contributed by atoms with Crippen molar-refractivity contribution >= 4 is 16.6 Å². The van der Waals surface area contributed by atoms with Gasteiger partial charge in [-0.25, -0.2) is 4.68 Å². The molecule has 2 aromatic heterocycles. The minimum absolute atomic E-state index is 0.0406. The van der Waals surface area contributed by atoms with Gasteiger partial charge >= 0.3 is 0 Å². The largest absolute Gasteiger partial charge is 0.393 e. The number of likely N-dealkylation sites (tertiary alicyclic amines) is 1. The Morgan fingerprint density at radius 2 is 2.00 bits per heavy atom. The molecule has 0 amide bonds. The number of hydrogen-bond donors (Lipinski definition) is 2. The number of H-pyrrole nitrogens is 1. The second-order valence-electron chi connectivity index (χ2n) is 8.50. The highest BCUT2D eigenvalue weighted by atomic mass is 16.3. The van der Waals surface area contributed by atoms with E-state index in [1.54, 1.807) is 10.7 Å². The number of para-hydroxylation sites is 1. The molecule has 0 spiro atoms. The Labute approximate surface area is 175 Å². The Hall–Kier alpha value is -2.71. The number of rotatable bonds is 4. The molecule has 1 atom stereocenters. The third kappa shape index (κ3) is 3.85. The van der Waals surface area contributed by atoms with E-state index in [0.717, 1.165) is 75.0 Å². The third-order valence-corrected chi connectivity index (χ3v) is 6.42.